The fourth-order valence-electron chi connectivity index (χ4n) is 3.73. The van der Waals surface area contributed by atoms with Crippen molar-refractivity contribution in [2.75, 3.05) is 48.3 Å². The van der Waals surface area contributed by atoms with Crippen LogP contribution in [0.4, 0.5) is 0 Å². The van der Waals surface area contributed by atoms with E-state index in [0.29, 0.717) is 0 Å². The van der Waals surface area contributed by atoms with Crippen LogP contribution in [0.25, 0.3) is 0 Å². The predicted molar refractivity (Wildman–Crippen MR) is 110 cm³/mol. The molecule has 0 bridgehead atoms. The molecule has 0 radical (unpaired) electrons. The third-order valence-corrected chi connectivity index (χ3v) is 5.12. The summed E-state index contributed by atoms with van der Waals surface area (Å²) >= 11 is 0. The average molecular weight is 343 g/mol. The lowest BCUT2D eigenvalue weighted by atomic mass is 9.81. The van der Waals surface area contributed by atoms with Crippen LogP contribution in [0.15, 0.2) is 0 Å². The molecule has 0 aliphatic carbocycles. The lowest BCUT2D eigenvalue weighted by molar-refractivity contribution is -0.871. The zero-order valence-electron chi connectivity index (χ0n) is 18.6. The van der Waals surface area contributed by atoms with Gasteiger partial charge >= 0.3 is 0 Å². The molecule has 0 spiro atoms. The van der Waals surface area contributed by atoms with Crippen LogP contribution in [0, 0.1) is 23.7 Å². The highest BCUT2D eigenvalue weighted by atomic mass is 15.3. The molecular formula is C22H50N2+2. The summed E-state index contributed by atoms with van der Waals surface area (Å²) in [6.45, 7) is 12.2. The van der Waals surface area contributed by atoms with Crippen molar-refractivity contribution in [1.82, 2.24) is 0 Å². The summed E-state index contributed by atoms with van der Waals surface area (Å²) in [7, 11) is 11.6. The minimum atomic E-state index is 0.833. The minimum absolute atomic E-state index is 0.833. The molecule has 0 rings (SSSR count). The first-order chi connectivity index (χ1) is 11.0. The molecule has 0 aromatic rings. The molecule has 0 fully saturated rings. The number of hydrogen-bond donors (Lipinski definition) is 1. The Balaban J connectivity index is 4.64. The number of nitrogens with one attached hydrogen (secondary N) is 1. The molecule has 1 N–H and O–H groups in total. The highest BCUT2D eigenvalue weighted by Crippen LogP contribution is 2.30. The molecule has 2 heteroatoms. The Morgan fingerprint density at radius 3 is 1.79 bits per heavy atom. The molecule has 0 saturated carbocycles. The SMILES string of the molecule is CC(C)CCC(CCC[NH+](C)C)CC(CC[N+](C)(C)C)CC(C)C. The fourth-order valence-corrected chi connectivity index (χ4v) is 3.73. The van der Waals surface area contributed by atoms with Gasteiger partial charge in [-0.1, -0.05) is 40.5 Å². The molecule has 2 nitrogen and oxygen atoms in total. The highest BCUT2D eigenvalue weighted by molar-refractivity contribution is 4.70. The second kappa shape index (κ2) is 12.3. The van der Waals surface area contributed by atoms with Crippen molar-refractivity contribution >= 4 is 0 Å². The summed E-state index contributed by atoms with van der Waals surface area (Å²) in [5, 5.41) is 0. The maximum absolute atomic E-state index is 2.40. The van der Waals surface area contributed by atoms with E-state index in [4.69, 9.17) is 0 Å². The predicted octanol–water partition coefficient (Wildman–Crippen LogP) is 4.11. The molecule has 0 heterocycles. The van der Waals surface area contributed by atoms with Gasteiger partial charge in [-0.15, -0.1) is 0 Å². The molecule has 24 heavy (non-hydrogen) atoms. The smallest absolute Gasteiger partial charge is 0.0783 e. The summed E-state index contributed by atoms with van der Waals surface area (Å²) in [6.07, 6.45) is 9.97. The molecule has 0 aromatic heterocycles. The van der Waals surface area contributed by atoms with Gasteiger partial charge in [0, 0.05) is 0 Å². The lowest BCUT2D eigenvalue weighted by Gasteiger charge is -2.30. The van der Waals surface area contributed by atoms with E-state index in [1.807, 2.05) is 0 Å². The summed E-state index contributed by atoms with van der Waals surface area (Å²) in [6, 6.07) is 0. The molecule has 2 unspecified atom stereocenters. The van der Waals surface area contributed by atoms with Crippen LogP contribution in [0.2, 0.25) is 0 Å². The van der Waals surface area contributed by atoms with Gasteiger partial charge in [-0.25, -0.2) is 0 Å². The summed E-state index contributed by atoms with van der Waals surface area (Å²) < 4.78 is 1.11. The average Bonchev–Trinajstić information content (AvgIpc) is 2.39. The third kappa shape index (κ3) is 15.4. The Morgan fingerprint density at radius 1 is 0.708 bits per heavy atom. The first kappa shape index (κ1) is 23.9. The Hall–Kier alpha value is -0.0800. The van der Waals surface area contributed by atoms with E-state index in [9.17, 15) is 0 Å². The summed E-state index contributed by atoms with van der Waals surface area (Å²) in [5.74, 6) is 3.55. The topological polar surface area (TPSA) is 4.44 Å². The van der Waals surface area contributed by atoms with E-state index < -0.39 is 0 Å². The van der Waals surface area contributed by atoms with E-state index in [1.54, 1.807) is 4.90 Å². The van der Waals surface area contributed by atoms with Crippen LogP contribution in [0.5, 0.6) is 0 Å². The van der Waals surface area contributed by atoms with Crippen LogP contribution in [0.1, 0.15) is 72.6 Å². The van der Waals surface area contributed by atoms with Crippen LogP contribution in [-0.2, 0) is 0 Å². The number of hydrogen-bond acceptors (Lipinski definition) is 0. The Kier molecular flexibility index (Phi) is 12.3. The normalized spacial score (nSPS) is 15.5. The number of quaternary nitrogens is 2. The first-order valence-electron chi connectivity index (χ1n) is 10.6. The van der Waals surface area contributed by atoms with Crippen molar-refractivity contribution in [3.8, 4) is 0 Å². The minimum Gasteiger partial charge on any atom is -0.340 e. The number of nitrogens with zero attached hydrogens (tertiary/aromatic N) is 1. The standard InChI is InChI=1S/C22H49N2/c1-19(2)12-13-21(11-10-15-23(5)6)18-22(17-20(3)4)14-16-24(7,8)9/h19-22H,10-18H2,1-9H3/q+1/p+1. The zero-order chi connectivity index (χ0) is 18.8. The highest BCUT2D eigenvalue weighted by Gasteiger charge is 2.21. The van der Waals surface area contributed by atoms with E-state index in [-0.39, 0.29) is 0 Å². The van der Waals surface area contributed by atoms with Crippen LogP contribution in [0.3, 0.4) is 0 Å². The van der Waals surface area contributed by atoms with Crippen molar-refractivity contribution in [2.45, 2.75) is 72.6 Å². The second-order valence-electron chi connectivity index (χ2n) is 10.5. The summed E-state index contributed by atoms with van der Waals surface area (Å²) in [4.78, 5) is 1.60. The van der Waals surface area contributed by atoms with Crippen molar-refractivity contribution in [2.24, 2.45) is 23.7 Å². The van der Waals surface area contributed by atoms with E-state index in [2.05, 4.69) is 62.9 Å². The quantitative estimate of drug-likeness (QED) is 0.453. The van der Waals surface area contributed by atoms with Gasteiger partial charge in [-0.2, -0.15) is 0 Å². The monoisotopic (exact) mass is 342 g/mol. The van der Waals surface area contributed by atoms with Gasteiger partial charge in [0.15, 0.2) is 0 Å². The van der Waals surface area contributed by atoms with E-state index in [1.165, 1.54) is 58.0 Å². The molecule has 0 aliphatic heterocycles. The van der Waals surface area contributed by atoms with Crippen molar-refractivity contribution in [3.63, 3.8) is 0 Å². The maximum Gasteiger partial charge on any atom is 0.0783 e. The van der Waals surface area contributed by atoms with E-state index in [0.717, 1.165) is 28.2 Å². The molecule has 0 aliphatic rings. The molecule has 146 valence electrons. The summed E-state index contributed by atoms with van der Waals surface area (Å²) in [5.41, 5.74) is 0. The third-order valence-electron chi connectivity index (χ3n) is 5.12. The Morgan fingerprint density at radius 2 is 1.33 bits per heavy atom. The second-order valence-corrected chi connectivity index (χ2v) is 10.5. The zero-order valence-corrected chi connectivity index (χ0v) is 18.6. The van der Waals surface area contributed by atoms with Crippen molar-refractivity contribution in [3.05, 3.63) is 0 Å². The van der Waals surface area contributed by atoms with Crippen molar-refractivity contribution < 1.29 is 9.38 Å². The number of rotatable bonds is 14. The van der Waals surface area contributed by atoms with Gasteiger partial charge in [-0.05, 0) is 55.8 Å². The van der Waals surface area contributed by atoms with Gasteiger partial charge in [0.25, 0.3) is 0 Å². The van der Waals surface area contributed by atoms with Gasteiger partial charge in [0.1, 0.15) is 0 Å². The first-order valence-corrected chi connectivity index (χ1v) is 10.6. The fraction of sp³-hybridized carbons (Fsp3) is 1.00. The van der Waals surface area contributed by atoms with Crippen molar-refractivity contribution in [1.29, 1.82) is 0 Å². The van der Waals surface area contributed by atoms with Crippen LogP contribution in [-0.4, -0.2) is 52.8 Å². The maximum atomic E-state index is 2.40. The lowest BCUT2D eigenvalue weighted by Crippen LogP contribution is -3.05. The largest absolute Gasteiger partial charge is 0.340 e. The van der Waals surface area contributed by atoms with Gasteiger partial charge < -0.3 is 9.38 Å². The molecule has 0 saturated heterocycles. The van der Waals surface area contributed by atoms with Gasteiger partial charge in [0.05, 0.1) is 48.3 Å². The van der Waals surface area contributed by atoms with Crippen LogP contribution < -0.4 is 4.90 Å². The Labute approximate surface area is 154 Å². The van der Waals surface area contributed by atoms with Gasteiger partial charge in [-0.3, -0.25) is 0 Å². The Bertz CT molecular complexity index is 289. The molecule has 0 aromatic carbocycles. The van der Waals surface area contributed by atoms with E-state index >= 15 is 0 Å². The van der Waals surface area contributed by atoms with Crippen LogP contribution >= 0.6 is 0 Å². The van der Waals surface area contributed by atoms with Gasteiger partial charge in [0.2, 0.25) is 0 Å². The molecular weight excluding hydrogens is 292 g/mol. The molecule has 0 amide bonds. The molecule has 2 atom stereocenters.